The van der Waals surface area contributed by atoms with Crippen LogP contribution in [0.5, 0.6) is 0 Å². The van der Waals surface area contributed by atoms with Crippen LogP contribution in [0.3, 0.4) is 0 Å². The van der Waals surface area contributed by atoms with Crippen LogP contribution in [0.1, 0.15) is 48.8 Å². The maximum atomic E-state index is 13.9. The number of carbonyl (C=O) groups is 3. The highest BCUT2D eigenvalue weighted by Gasteiger charge is 2.42. The van der Waals surface area contributed by atoms with E-state index in [0.717, 1.165) is 29.1 Å². The second-order valence-corrected chi connectivity index (χ2v) is 12.1. The quantitative estimate of drug-likeness (QED) is 0.442. The molecule has 0 bridgehead atoms. The first-order chi connectivity index (χ1) is 19.7. The molecule has 1 unspecified atom stereocenters. The molecule has 1 fully saturated rings. The Morgan fingerprint density at radius 2 is 1.66 bits per heavy atom. The zero-order valence-electron chi connectivity index (χ0n) is 23.2. The van der Waals surface area contributed by atoms with Gasteiger partial charge < -0.3 is 24.4 Å². The molecule has 212 valence electrons. The number of rotatable bonds is 4. The Bertz CT molecular complexity index is 1500. The van der Waals surface area contributed by atoms with Gasteiger partial charge in [-0.1, -0.05) is 49.7 Å². The van der Waals surface area contributed by atoms with E-state index in [2.05, 4.69) is 19.2 Å². The van der Waals surface area contributed by atoms with Crippen LogP contribution in [0.25, 0.3) is 0 Å². The van der Waals surface area contributed by atoms with Gasteiger partial charge in [-0.3, -0.25) is 14.4 Å². The molecule has 3 heterocycles. The number of allylic oxidation sites excluding steroid dienone is 1. The molecule has 3 aliphatic rings. The molecule has 0 saturated carbocycles. The summed E-state index contributed by atoms with van der Waals surface area (Å²) in [5, 5.41) is 4.19. The highest BCUT2D eigenvalue weighted by molar-refractivity contribution is 6.30. The van der Waals surface area contributed by atoms with Crippen molar-refractivity contribution in [3.8, 4) is 0 Å². The smallest absolute Gasteiger partial charge is 0.289 e. The molecular weight excluding hydrogens is 540 g/mol. The number of para-hydroxylation sites is 2. The fraction of sp³-hybridized carbons (Fsp3) is 0.344. The van der Waals surface area contributed by atoms with E-state index in [1.165, 1.54) is 6.26 Å². The van der Waals surface area contributed by atoms with Crippen molar-refractivity contribution >= 4 is 40.6 Å². The van der Waals surface area contributed by atoms with Crippen LogP contribution in [-0.2, 0) is 9.59 Å². The van der Waals surface area contributed by atoms with Crippen molar-refractivity contribution in [2.75, 3.05) is 42.9 Å². The van der Waals surface area contributed by atoms with E-state index in [-0.39, 0.29) is 29.6 Å². The summed E-state index contributed by atoms with van der Waals surface area (Å²) in [5.41, 5.74) is 4.04. The molecule has 3 aromatic rings. The van der Waals surface area contributed by atoms with Gasteiger partial charge in [0.25, 0.3) is 5.91 Å². The number of benzene rings is 2. The largest absolute Gasteiger partial charge is 0.459 e. The number of fused-ring (bicyclic) bond motifs is 1. The normalized spacial score (nSPS) is 20.2. The summed E-state index contributed by atoms with van der Waals surface area (Å²) in [4.78, 5) is 46.0. The number of ketones is 1. The summed E-state index contributed by atoms with van der Waals surface area (Å²) in [6.07, 6.45) is 2.64. The van der Waals surface area contributed by atoms with Crippen LogP contribution in [0.4, 0.5) is 11.4 Å². The minimum absolute atomic E-state index is 0.0588. The number of amides is 2. The van der Waals surface area contributed by atoms with Gasteiger partial charge in [0, 0.05) is 48.9 Å². The number of halogens is 1. The summed E-state index contributed by atoms with van der Waals surface area (Å²) in [7, 11) is 0. The Morgan fingerprint density at radius 3 is 2.37 bits per heavy atom. The molecule has 1 aliphatic carbocycles. The summed E-state index contributed by atoms with van der Waals surface area (Å²) in [5.74, 6) is 0.153. The van der Waals surface area contributed by atoms with Crippen LogP contribution >= 0.6 is 11.6 Å². The number of anilines is 2. The van der Waals surface area contributed by atoms with Crippen LogP contribution in [0.15, 0.2) is 82.6 Å². The minimum Gasteiger partial charge on any atom is -0.459 e. The van der Waals surface area contributed by atoms with Gasteiger partial charge >= 0.3 is 0 Å². The lowest BCUT2D eigenvalue weighted by molar-refractivity contribution is -0.131. The molecule has 2 amide bonds. The minimum atomic E-state index is -0.465. The summed E-state index contributed by atoms with van der Waals surface area (Å²) >= 11 is 6.26. The van der Waals surface area contributed by atoms with Crippen molar-refractivity contribution in [2.45, 2.75) is 32.7 Å². The zero-order chi connectivity index (χ0) is 28.7. The summed E-state index contributed by atoms with van der Waals surface area (Å²) in [6.45, 7) is 5.99. The summed E-state index contributed by atoms with van der Waals surface area (Å²) < 4.78 is 5.27. The van der Waals surface area contributed by atoms with Gasteiger partial charge in [-0.25, -0.2) is 0 Å². The number of nitrogens with one attached hydrogen (secondary N) is 1. The lowest BCUT2D eigenvalue weighted by Gasteiger charge is -2.39. The Kier molecular flexibility index (Phi) is 7.11. The van der Waals surface area contributed by atoms with E-state index in [1.54, 1.807) is 21.9 Å². The number of hydrogen-bond donors (Lipinski definition) is 1. The third-order valence-corrected chi connectivity index (χ3v) is 8.40. The number of carbonyl (C=O) groups excluding carboxylic acids is 3. The lowest BCUT2D eigenvalue weighted by Crippen LogP contribution is -2.53. The van der Waals surface area contributed by atoms with E-state index >= 15 is 0 Å². The number of piperazine rings is 1. The molecule has 1 atom stereocenters. The fourth-order valence-electron chi connectivity index (χ4n) is 6.18. The van der Waals surface area contributed by atoms with Crippen LogP contribution < -0.4 is 10.2 Å². The van der Waals surface area contributed by atoms with E-state index < -0.39 is 6.04 Å². The number of furan rings is 1. The first kappa shape index (κ1) is 27.1. The van der Waals surface area contributed by atoms with Crippen molar-refractivity contribution in [3.05, 3.63) is 94.5 Å². The van der Waals surface area contributed by atoms with Gasteiger partial charge in [-0.15, -0.1) is 0 Å². The average molecular weight is 573 g/mol. The molecule has 41 heavy (non-hydrogen) atoms. The van der Waals surface area contributed by atoms with Gasteiger partial charge in [0.1, 0.15) is 0 Å². The number of Topliss-reactive ketones (excluding diaryl/α,β-unsaturated/α-hetero) is 1. The van der Waals surface area contributed by atoms with Gasteiger partial charge in [-0.05, 0) is 53.8 Å². The Hall–Kier alpha value is -4.04. The van der Waals surface area contributed by atoms with E-state index in [0.29, 0.717) is 49.0 Å². The average Bonchev–Trinajstić information content (AvgIpc) is 3.45. The first-order valence-corrected chi connectivity index (χ1v) is 14.3. The van der Waals surface area contributed by atoms with Crippen molar-refractivity contribution in [2.24, 2.45) is 5.41 Å². The van der Waals surface area contributed by atoms with Crippen molar-refractivity contribution in [3.63, 3.8) is 0 Å². The standard InChI is InChI=1S/C32H33ClN4O4/c1-32(2)18-24-29(26(38)19-32)30(21-9-11-22(33)12-10-21)37(25-7-4-3-6-23(25)34-24)20-28(39)35-13-15-36(16-14-35)31(40)27-8-5-17-41-27/h3-12,17,30,34H,13-16,18-20H2,1-2H3. The number of nitrogens with zero attached hydrogens (tertiary/aromatic N) is 3. The molecule has 2 aromatic carbocycles. The fourth-order valence-corrected chi connectivity index (χ4v) is 6.31. The van der Waals surface area contributed by atoms with Gasteiger partial charge in [-0.2, -0.15) is 0 Å². The first-order valence-electron chi connectivity index (χ1n) is 14.0. The highest BCUT2D eigenvalue weighted by Crippen LogP contribution is 2.48. The SMILES string of the molecule is CC1(C)CC(=O)C2=C(C1)Nc1ccccc1N(CC(=O)N1CCN(C(=O)c3ccco3)CC1)C2c1ccc(Cl)cc1. The van der Waals surface area contributed by atoms with Crippen molar-refractivity contribution in [1.82, 2.24) is 9.80 Å². The van der Waals surface area contributed by atoms with Crippen LogP contribution in [-0.4, -0.2) is 60.1 Å². The molecule has 1 saturated heterocycles. The van der Waals surface area contributed by atoms with Crippen molar-refractivity contribution in [1.29, 1.82) is 0 Å². The Labute approximate surface area is 244 Å². The van der Waals surface area contributed by atoms with Crippen LogP contribution in [0.2, 0.25) is 5.02 Å². The molecule has 0 radical (unpaired) electrons. The third kappa shape index (κ3) is 5.36. The maximum Gasteiger partial charge on any atom is 0.289 e. The monoisotopic (exact) mass is 572 g/mol. The summed E-state index contributed by atoms with van der Waals surface area (Å²) in [6, 6.07) is 18.3. The third-order valence-electron chi connectivity index (χ3n) is 8.15. The van der Waals surface area contributed by atoms with E-state index in [4.69, 9.17) is 16.0 Å². The van der Waals surface area contributed by atoms with Gasteiger partial charge in [0.15, 0.2) is 11.5 Å². The topological polar surface area (TPSA) is 86.1 Å². The van der Waals surface area contributed by atoms with Crippen molar-refractivity contribution < 1.29 is 18.8 Å². The van der Waals surface area contributed by atoms with E-state index in [1.807, 2.05) is 53.4 Å². The Balaban J connectivity index is 1.33. The molecule has 8 nitrogen and oxygen atoms in total. The molecular formula is C32H33ClN4O4. The lowest BCUT2D eigenvalue weighted by atomic mass is 9.73. The molecule has 1 N–H and O–H groups in total. The molecule has 1 aromatic heterocycles. The van der Waals surface area contributed by atoms with E-state index in [9.17, 15) is 14.4 Å². The zero-order valence-corrected chi connectivity index (χ0v) is 24.0. The second kappa shape index (κ2) is 10.7. The number of hydrogen-bond acceptors (Lipinski definition) is 6. The van der Waals surface area contributed by atoms with Gasteiger partial charge in [0.05, 0.1) is 30.2 Å². The predicted octanol–water partition coefficient (Wildman–Crippen LogP) is 5.53. The van der Waals surface area contributed by atoms with Crippen LogP contribution in [0, 0.1) is 5.41 Å². The second-order valence-electron chi connectivity index (χ2n) is 11.7. The predicted molar refractivity (Wildman–Crippen MR) is 158 cm³/mol. The van der Waals surface area contributed by atoms with Gasteiger partial charge in [0.2, 0.25) is 5.91 Å². The highest BCUT2D eigenvalue weighted by atomic mass is 35.5. The molecule has 0 spiro atoms. The Morgan fingerprint density at radius 1 is 0.951 bits per heavy atom. The molecule has 9 heteroatoms. The molecule has 2 aliphatic heterocycles. The molecule has 6 rings (SSSR count). The maximum absolute atomic E-state index is 13.9.